The molecule has 5 nitrogen and oxygen atoms in total. The lowest BCUT2D eigenvalue weighted by Crippen LogP contribution is -1.96. The first-order chi connectivity index (χ1) is 8.27. The molecule has 0 heterocycles. The van der Waals surface area contributed by atoms with Gasteiger partial charge in [-0.15, -0.1) is 0 Å². The maximum atomic E-state index is 11.4. The zero-order valence-corrected chi connectivity index (χ0v) is 9.08. The number of Topliss-reactive ketones (excluding diaryl/α,β-unsaturated/α-hetero) is 1. The number of azide groups is 1. The molecule has 1 rings (SSSR count). The van der Waals surface area contributed by atoms with E-state index in [4.69, 9.17) is 10.8 Å². The van der Waals surface area contributed by atoms with Crippen molar-refractivity contribution < 1.29 is 4.79 Å². The zero-order chi connectivity index (χ0) is 12.5. The highest BCUT2D eigenvalue weighted by Gasteiger charge is 2.03. The fourth-order valence-electron chi connectivity index (χ4n) is 1.23. The van der Waals surface area contributed by atoms with Crippen molar-refractivity contribution in [3.8, 4) is 6.07 Å². The standard InChI is InChI=1S/C12H10N4O/c13-8-7-12(17)11-5-3-10(4-6-11)2-1-9-15-16-14/h1-6H,7,9H2. The van der Waals surface area contributed by atoms with Crippen molar-refractivity contribution in [2.45, 2.75) is 6.42 Å². The van der Waals surface area contributed by atoms with Gasteiger partial charge in [-0.3, -0.25) is 4.79 Å². The molecule has 1 aromatic carbocycles. The van der Waals surface area contributed by atoms with Gasteiger partial charge >= 0.3 is 0 Å². The van der Waals surface area contributed by atoms with Crippen LogP contribution >= 0.6 is 0 Å². The van der Waals surface area contributed by atoms with Gasteiger partial charge in [0.1, 0.15) is 0 Å². The molecule has 0 atom stereocenters. The average molecular weight is 226 g/mol. The van der Waals surface area contributed by atoms with Crippen LogP contribution in [0.25, 0.3) is 16.5 Å². The second-order valence-electron chi connectivity index (χ2n) is 3.20. The molecule has 0 aliphatic carbocycles. The largest absolute Gasteiger partial charge is 0.293 e. The SMILES string of the molecule is N#CCC(=O)c1ccc(C=CCN=[N+]=[N-])cc1. The van der Waals surface area contributed by atoms with E-state index in [9.17, 15) is 4.79 Å². The quantitative estimate of drug-likeness (QED) is 0.334. The van der Waals surface area contributed by atoms with Crippen LogP contribution in [0.15, 0.2) is 35.5 Å². The molecule has 0 N–H and O–H groups in total. The molecule has 0 bridgehead atoms. The zero-order valence-electron chi connectivity index (χ0n) is 9.08. The lowest BCUT2D eigenvalue weighted by atomic mass is 10.1. The van der Waals surface area contributed by atoms with Crippen LogP contribution in [0.2, 0.25) is 0 Å². The third-order valence-electron chi connectivity index (χ3n) is 2.03. The van der Waals surface area contributed by atoms with Crippen molar-refractivity contribution in [3.05, 3.63) is 51.9 Å². The number of nitrogens with zero attached hydrogens (tertiary/aromatic N) is 4. The Morgan fingerprint density at radius 2 is 2.18 bits per heavy atom. The minimum Gasteiger partial charge on any atom is -0.293 e. The number of benzene rings is 1. The summed E-state index contributed by atoms with van der Waals surface area (Å²) in [6, 6.07) is 8.72. The second-order valence-corrected chi connectivity index (χ2v) is 3.20. The highest BCUT2D eigenvalue weighted by molar-refractivity contribution is 5.97. The summed E-state index contributed by atoms with van der Waals surface area (Å²) in [5.41, 5.74) is 9.51. The summed E-state index contributed by atoms with van der Waals surface area (Å²) < 4.78 is 0. The molecule has 0 amide bonds. The van der Waals surface area contributed by atoms with E-state index in [1.54, 1.807) is 36.4 Å². The predicted molar refractivity (Wildman–Crippen MR) is 64.0 cm³/mol. The van der Waals surface area contributed by atoms with E-state index in [2.05, 4.69) is 10.0 Å². The van der Waals surface area contributed by atoms with E-state index in [0.29, 0.717) is 12.1 Å². The number of hydrogen-bond donors (Lipinski definition) is 0. The molecule has 5 heteroatoms. The van der Waals surface area contributed by atoms with Crippen LogP contribution in [0.4, 0.5) is 0 Å². The number of carbonyl (C=O) groups is 1. The third kappa shape index (κ3) is 4.20. The molecular weight excluding hydrogens is 216 g/mol. The molecule has 0 unspecified atom stereocenters. The Hall–Kier alpha value is -2.57. The van der Waals surface area contributed by atoms with Gasteiger partial charge in [-0.2, -0.15) is 5.26 Å². The molecular formula is C12H10N4O. The van der Waals surface area contributed by atoms with Crippen LogP contribution in [0.5, 0.6) is 0 Å². The molecule has 0 aliphatic rings. The summed E-state index contributed by atoms with van der Waals surface area (Å²) in [6.07, 6.45) is 3.42. The smallest absolute Gasteiger partial charge is 0.176 e. The maximum Gasteiger partial charge on any atom is 0.176 e. The van der Waals surface area contributed by atoms with Gasteiger partial charge in [-0.25, -0.2) is 0 Å². The summed E-state index contributed by atoms with van der Waals surface area (Å²) in [5, 5.41) is 11.8. The predicted octanol–water partition coefficient (Wildman–Crippen LogP) is 3.11. The molecule has 0 aromatic heterocycles. The van der Waals surface area contributed by atoms with Crippen LogP contribution in [-0.2, 0) is 0 Å². The van der Waals surface area contributed by atoms with E-state index in [0.717, 1.165) is 5.56 Å². The Bertz CT molecular complexity index is 504. The minimum absolute atomic E-state index is 0.105. The number of rotatable bonds is 5. The number of carbonyl (C=O) groups excluding carboxylic acids is 1. The van der Waals surface area contributed by atoms with Crippen LogP contribution in [0.1, 0.15) is 22.3 Å². The lowest BCUT2D eigenvalue weighted by molar-refractivity contribution is 0.0997. The van der Waals surface area contributed by atoms with Crippen molar-refractivity contribution in [2.24, 2.45) is 5.11 Å². The molecule has 0 spiro atoms. The van der Waals surface area contributed by atoms with Crippen molar-refractivity contribution >= 4 is 11.9 Å². The van der Waals surface area contributed by atoms with Gasteiger partial charge in [0, 0.05) is 17.0 Å². The van der Waals surface area contributed by atoms with Gasteiger partial charge in [-0.1, -0.05) is 41.5 Å². The first-order valence-corrected chi connectivity index (χ1v) is 4.95. The van der Waals surface area contributed by atoms with Crippen molar-refractivity contribution in [1.29, 1.82) is 5.26 Å². The molecule has 0 radical (unpaired) electrons. The number of ketones is 1. The van der Waals surface area contributed by atoms with Crippen LogP contribution in [0.3, 0.4) is 0 Å². The Balaban J connectivity index is 2.68. The molecule has 17 heavy (non-hydrogen) atoms. The van der Waals surface area contributed by atoms with E-state index in [1.807, 2.05) is 6.07 Å². The van der Waals surface area contributed by atoms with Crippen molar-refractivity contribution in [3.63, 3.8) is 0 Å². The number of nitriles is 1. The van der Waals surface area contributed by atoms with E-state index in [-0.39, 0.29) is 12.2 Å². The van der Waals surface area contributed by atoms with Crippen LogP contribution < -0.4 is 0 Å². The first-order valence-electron chi connectivity index (χ1n) is 4.95. The van der Waals surface area contributed by atoms with Crippen LogP contribution in [0, 0.1) is 11.3 Å². The highest BCUT2D eigenvalue weighted by Crippen LogP contribution is 2.08. The van der Waals surface area contributed by atoms with Crippen molar-refractivity contribution in [2.75, 3.05) is 6.54 Å². The Kier molecular flexibility index (Phi) is 5.02. The molecule has 0 saturated heterocycles. The summed E-state index contributed by atoms with van der Waals surface area (Å²) in [4.78, 5) is 14.0. The summed E-state index contributed by atoms with van der Waals surface area (Å²) in [7, 11) is 0. The Morgan fingerprint density at radius 1 is 1.47 bits per heavy atom. The third-order valence-corrected chi connectivity index (χ3v) is 2.03. The molecule has 1 aromatic rings. The minimum atomic E-state index is -0.183. The second kappa shape index (κ2) is 6.83. The monoisotopic (exact) mass is 226 g/mol. The average Bonchev–Trinajstić information content (AvgIpc) is 2.36. The van der Waals surface area contributed by atoms with Gasteiger partial charge in [0.25, 0.3) is 0 Å². The Morgan fingerprint density at radius 3 is 2.76 bits per heavy atom. The fraction of sp³-hybridized carbons (Fsp3) is 0.167. The Labute approximate surface area is 98.6 Å². The first kappa shape index (κ1) is 12.5. The molecule has 84 valence electrons. The van der Waals surface area contributed by atoms with Gasteiger partial charge in [0.05, 0.1) is 12.5 Å². The number of hydrogen-bond acceptors (Lipinski definition) is 3. The topological polar surface area (TPSA) is 89.6 Å². The van der Waals surface area contributed by atoms with Crippen LogP contribution in [-0.4, -0.2) is 12.3 Å². The highest BCUT2D eigenvalue weighted by atomic mass is 16.1. The maximum absolute atomic E-state index is 11.4. The fourth-order valence-corrected chi connectivity index (χ4v) is 1.23. The summed E-state index contributed by atoms with van der Waals surface area (Å²) in [6.45, 7) is 0.297. The van der Waals surface area contributed by atoms with Gasteiger partial charge in [0.2, 0.25) is 0 Å². The molecule has 0 aliphatic heterocycles. The van der Waals surface area contributed by atoms with E-state index < -0.39 is 0 Å². The van der Waals surface area contributed by atoms with Gasteiger partial charge < -0.3 is 0 Å². The van der Waals surface area contributed by atoms with E-state index >= 15 is 0 Å². The summed E-state index contributed by atoms with van der Waals surface area (Å²) >= 11 is 0. The van der Waals surface area contributed by atoms with Gasteiger partial charge in [-0.05, 0) is 11.1 Å². The molecule has 0 saturated carbocycles. The molecule has 0 fully saturated rings. The summed E-state index contributed by atoms with van der Waals surface area (Å²) in [5.74, 6) is -0.183. The lowest BCUT2D eigenvalue weighted by Gasteiger charge is -1.97. The van der Waals surface area contributed by atoms with Gasteiger partial charge in [0.15, 0.2) is 5.78 Å². The van der Waals surface area contributed by atoms with E-state index in [1.165, 1.54) is 0 Å². The normalized spacial score (nSPS) is 9.59. The van der Waals surface area contributed by atoms with Crippen molar-refractivity contribution in [1.82, 2.24) is 0 Å².